The maximum atomic E-state index is 0. The molecule has 0 amide bonds. The first kappa shape index (κ1) is 61.8. The summed E-state index contributed by atoms with van der Waals surface area (Å²) >= 11 is 0. The Morgan fingerprint density at radius 2 is 0.800 bits per heavy atom. The largest absolute Gasteiger partial charge is 2.00 e. The van der Waals surface area contributed by atoms with Crippen LogP contribution in [0.2, 0.25) is 0 Å². The van der Waals surface area contributed by atoms with E-state index in [1.807, 2.05) is 0 Å². The molecule has 1 radical (unpaired) electrons. The zero-order chi connectivity index (χ0) is 0. The maximum Gasteiger partial charge on any atom is 2.00 e. The van der Waals surface area contributed by atoms with Gasteiger partial charge in [-0.3, -0.25) is 0 Å². The van der Waals surface area contributed by atoms with E-state index in [0.29, 0.717) is 0 Å². The second kappa shape index (κ2) is 36.9. The van der Waals surface area contributed by atoms with Crippen molar-refractivity contribution in [3.63, 3.8) is 0 Å². The number of rotatable bonds is 0. The molecular weight excluding hydrogens is 117 g/mol. The molecule has 0 aliphatic heterocycles. The smallest absolute Gasteiger partial charge is 2.00 e. The Morgan fingerprint density at radius 1 is 0.800 bits per heavy atom. The molecule has 5 heavy (non-hydrogen) atoms. The second-order valence-corrected chi connectivity index (χ2v) is 0. The third kappa shape index (κ3) is 23.7. The van der Waals surface area contributed by atoms with Gasteiger partial charge < -0.3 is 11.0 Å². The monoisotopic (exact) mass is 117 g/mol. The predicted molar refractivity (Wildman–Crippen MR) is 1.37 cm³/mol. The van der Waals surface area contributed by atoms with Gasteiger partial charge in [0, 0.05) is 0 Å². The van der Waals surface area contributed by atoms with Crippen LogP contribution in [0.25, 0.3) is 0 Å². The van der Waals surface area contributed by atoms with E-state index in [9.17, 15) is 0 Å². The zero-order valence-corrected chi connectivity index (χ0v) is 6.37. The van der Waals surface area contributed by atoms with Gasteiger partial charge in [0.15, 0.2) is 0 Å². The molecule has 0 aromatic rings. The second-order valence-electron chi connectivity index (χ2n) is 0. The van der Waals surface area contributed by atoms with E-state index in [-0.39, 0.29) is 76.4 Å². The zero-order valence-electron chi connectivity index (χ0n) is 3.19. The minimum absolute atomic E-state index is 0. The standard InChI is InChI=1S/Li.Mn.Na.2O/q+1;+2;+1;2*-2. The Morgan fingerprint density at radius 3 is 0.800 bits per heavy atom. The van der Waals surface area contributed by atoms with Crippen molar-refractivity contribution in [1.29, 1.82) is 0 Å². The summed E-state index contributed by atoms with van der Waals surface area (Å²) in [7, 11) is 0. The fourth-order valence-corrected chi connectivity index (χ4v) is 0. The van der Waals surface area contributed by atoms with E-state index in [2.05, 4.69) is 0 Å². The summed E-state index contributed by atoms with van der Waals surface area (Å²) < 4.78 is 0. The molecule has 0 aliphatic carbocycles. The van der Waals surface area contributed by atoms with Crippen molar-refractivity contribution >= 4 is 0 Å². The fourth-order valence-electron chi connectivity index (χ4n) is 0. The number of hydrogen-bond acceptors (Lipinski definition) is 0. The normalized spacial score (nSPS) is 0. The van der Waals surface area contributed by atoms with Crippen molar-refractivity contribution in [3.8, 4) is 0 Å². The van der Waals surface area contributed by atoms with Crippen molar-refractivity contribution in [2.75, 3.05) is 0 Å². The fraction of sp³-hybridized carbons (Fsp3) is 0. The molecule has 0 aromatic heterocycles. The van der Waals surface area contributed by atoms with E-state index >= 15 is 0 Å². The van der Waals surface area contributed by atoms with Gasteiger partial charge in [0.2, 0.25) is 0 Å². The van der Waals surface area contributed by atoms with Crippen molar-refractivity contribution in [1.82, 2.24) is 0 Å². The van der Waals surface area contributed by atoms with Crippen LogP contribution in [0.5, 0.6) is 0 Å². The van der Waals surface area contributed by atoms with Crippen LogP contribution < -0.4 is 48.4 Å². The molecule has 0 fully saturated rings. The molecule has 5 heteroatoms. The minimum Gasteiger partial charge on any atom is -2.00 e. The van der Waals surface area contributed by atoms with Crippen molar-refractivity contribution in [2.45, 2.75) is 0 Å². The van der Waals surface area contributed by atoms with Crippen LogP contribution in [-0.4, -0.2) is 0 Å². The van der Waals surface area contributed by atoms with E-state index in [4.69, 9.17) is 0 Å². The summed E-state index contributed by atoms with van der Waals surface area (Å²) in [5, 5.41) is 0. The van der Waals surface area contributed by atoms with Gasteiger partial charge in [-0.15, -0.1) is 0 Å². The molecule has 0 aliphatic rings. The van der Waals surface area contributed by atoms with Gasteiger partial charge in [0.25, 0.3) is 0 Å². The van der Waals surface area contributed by atoms with Crippen LogP contribution in [-0.2, 0) is 28.0 Å². The van der Waals surface area contributed by atoms with Crippen molar-refractivity contribution in [2.24, 2.45) is 0 Å². The molecular formula is LiMnNaO2. The number of hydrogen-bond donors (Lipinski definition) is 0. The van der Waals surface area contributed by atoms with Gasteiger partial charge in [0.1, 0.15) is 0 Å². The van der Waals surface area contributed by atoms with Crippen LogP contribution in [0, 0.1) is 0 Å². The Balaban J connectivity index is 0. The summed E-state index contributed by atoms with van der Waals surface area (Å²) in [6.07, 6.45) is 0. The topological polar surface area (TPSA) is 57.0 Å². The molecule has 0 rings (SSSR count). The average molecular weight is 117 g/mol. The average Bonchev–Trinajstić information content (AvgIpc) is 0. The summed E-state index contributed by atoms with van der Waals surface area (Å²) in [6.45, 7) is 0. The molecule has 0 saturated carbocycles. The van der Waals surface area contributed by atoms with E-state index in [1.54, 1.807) is 0 Å². The summed E-state index contributed by atoms with van der Waals surface area (Å²) in [6, 6.07) is 0. The molecule has 0 N–H and O–H groups in total. The summed E-state index contributed by atoms with van der Waals surface area (Å²) in [5.41, 5.74) is 0. The molecule has 0 unspecified atom stereocenters. The van der Waals surface area contributed by atoms with Crippen LogP contribution in [0.15, 0.2) is 0 Å². The van der Waals surface area contributed by atoms with Crippen LogP contribution >= 0.6 is 0 Å². The quantitative estimate of drug-likeness (QED) is 0.283. The Kier molecular flexibility index (Phi) is 456. The van der Waals surface area contributed by atoms with Crippen LogP contribution in [0.3, 0.4) is 0 Å². The van der Waals surface area contributed by atoms with E-state index in [0.717, 1.165) is 0 Å². The maximum absolute atomic E-state index is 0. The van der Waals surface area contributed by atoms with Crippen molar-refractivity contribution in [3.05, 3.63) is 0 Å². The first-order valence-electron chi connectivity index (χ1n) is 0. The van der Waals surface area contributed by atoms with Crippen molar-refractivity contribution < 1.29 is 76.4 Å². The Hall–Kier alpha value is 2.04. The molecule has 0 bridgehead atoms. The minimum atomic E-state index is 0. The first-order valence-corrected chi connectivity index (χ1v) is 0. The summed E-state index contributed by atoms with van der Waals surface area (Å²) in [5.74, 6) is 0. The van der Waals surface area contributed by atoms with Crippen LogP contribution in [0.4, 0.5) is 0 Å². The molecule has 0 spiro atoms. The molecule has 0 heterocycles. The van der Waals surface area contributed by atoms with E-state index in [1.165, 1.54) is 0 Å². The van der Waals surface area contributed by atoms with Gasteiger partial charge in [-0.1, -0.05) is 0 Å². The van der Waals surface area contributed by atoms with Gasteiger partial charge in [-0.25, -0.2) is 0 Å². The predicted octanol–water partition coefficient (Wildman–Crippen LogP) is -6.23. The van der Waals surface area contributed by atoms with Gasteiger partial charge in [-0.2, -0.15) is 0 Å². The van der Waals surface area contributed by atoms with Gasteiger partial charge in [0.05, 0.1) is 0 Å². The molecule has 0 atom stereocenters. The molecule has 21 valence electrons. The van der Waals surface area contributed by atoms with Crippen LogP contribution in [0.1, 0.15) is 0 Å². The van der Waals surface area contributed by atoms with Gasteiger partial charge >= 0.3 is 65.5 Å². The SMILES string of the molecule is [Li+].[Mn+2].[Na+].[O-2].[O-2]. The Bertz CT molecular complexity index is 9.61. The van der Waals surface area contributed by atoms with E-state index < -0.39 is 0 Å². The first-order chi connectivity index (χ1) is 0. The molecule has 2 nitrogen and oxygen atoms in total. The third-order valence-corrected chi connectivity index (χ3v) is 0. The molecule has 0 aromatic carbocycles. The summed E-state index contributed by atoms with van der Waals surface area (Å²) in [4.78, 5) is 0. The van der Waals surface area contributed by atoms with Gasteiger partial charge in [-0.05, 0) is 0 Å². The Labute approximate surface area is 75.6 Å². The molecule has 0 saturated heterocycles. The third-order valence-electron chi connectivity index (χ3n) is 0.